The molecule has 3 rings (SSSR count). The maximum atomic E-state index is 13.1. The smallest absolute Gasteiger partial charge is 0.345 e. The van der Waals surface area contributed by atoms with E-state index in [4.69, 9.17) is 9.47 Å². The molecule has 4 nitrogen and oxygen atoms in total. The topological polar surface area (TPSA) is 52.6 Å². The average Bonchev–Trinajstić information content (AvgIpc) is 2.71. The van der Waals surface area contributed by atoms with E-state index in [1.807, 2.05) is 63.2 Å². The van der Waals surface area contributed by atoms with Crippen LogP contribution in [-0.2, 0) is 9.53 Å². The lowest BCUT2D eigenvalue weighted by Gasteiger charge is -2.18. The van der Waals surface area contributed by atoms with Crippen LogP contribution in [0.1, 0.15) is 38.7 Å². The second kappa shape index (κ2) is 9.20. The zero-order valence-corrected chi connectivity index (χ0v) is 16.8. The first kappa shape index (κ1) is 20.3. The van der Waals surface area contributed by atoms with E-state index in [0.29, 0.717) is 16.9 Å². The minimum absolute atomic E-state index is 0.266. The summed E-state index contributed by atoms with van der Waals surface area (Å²) >= 11 is 0. The number of benzene rings is 3. The number of carbonyl (C=O) groups excluding carboxylic acids is 2. The van der Waals surface area contributed by atoms with Crippen LogP contribution in [0, 0.1) is 20.8 Å². The van der Waals surface area contributed by atoms with Crippen LogP contribution in [0.5, 0.6) is 5.75 Å². The predicted octanol–water partition coefficient (Wildman–Crippen LogP) is 5.16. The minimum Gasteiger partial charge on any atom is -0.482 e. The summed E-state index contributed by atoms with van der Waals surface area (Å²) in [6.45, 7) is 5.59. The zero-order valence-electron chi connectivity index (χ0n) is 16.8. The third-order valence-corrected chi connectivity index (χ3v) is 4.55. The van der Waals surface area contributed by atoms with Gasteiger partial charge in [-0.1, -0.05) is 71.8 Å². The quantitative estimate of drug-likeness (QED) is 0.414. The van der Waals surface area contributed by atoms with Gasteiger partial charge in [0, 0.05) is 11.1 Å². The Bertz CT molecular complexity index is 988. The molecular formula is C25H24O4. The summed E-state index contributed by atoms with van der Waals surface area (Å²) in [5.41, 5.74) is 4.27. The summed E-state index contributed by atoms with van der Waals surface area (Å²) in [4.78, 5) is 25.5. The van der Waals surface area contributed by atoms with Crippen molar-refractivity contribution in [1.29, 1.82) is 0 Å². The van der Waals surface area contributed by atoms with Crippen molar-refractivity contribution < 1.29 is 19.1 Å². The number of aryl methyl sites for hydroxylation is 3. The lowest BCUT2D eigenvalue weighted by molar-refractivity contribution is -0.149. The molecule has 0 radical (unpaired) electrons. The molecule has 0 saturated heterocycles. The molecular weight excluding hydrogens is 364 g/mol. The summed E-state index contributed by atoms with van der Waals surface area (Å²) in [5, 5.41) is 0. The molecule has 0 aliphatic rings. The molecule has 29 heavy (non-hydrogen) atoms. The van der Waals surface area contributed by atoms with E-state index in [1.54, 1.807) is 30.3 Å². The van der Waals surface area contributed by atoms with E-state index >= 15 is 0 Å². The van der Waals surface area contributed by atoms with Crippen molar-refractivity contribution in [3.8, 4) is 5.75 Å². The average molecular weight is 388 g/mol. The van der Waals surface area contributed by atoms with Crippen LogP contribution in [-0.4, -0.2) is 18.4 Å². The van der Waals surface area contributed by atoms with Gasteiger partial charge in [-0.2, -0.15) is 0 Å². The van der Waals surface area contributed by atoms with Crippen molar-refractivity contribution in [3.05, 3.63) is 101 Å². The number of hydrogen-bond acceptors (Lipinski definition) is 4. The van der Waals surface area contributed by atoms with Crippen molar-refractivity contribution in [3.63, 3.8) is 0 Å². The van der Waals surface area contributed by atoms with Gasteiger partial charge in [0.1, 0.15) is 5.75 Å². The van der Waals surface area contributed by atoms with E-state index in [2.05, 4.69) is 0 Å². The lowest BCUT2D eigenvalue weighted by Crippen LogP contribution is -2.23. The normalized spacial score (nSPS) is 11.6. The minimum atomic E-state index is -1.02. The number of ketones is 1. The fourth-order valence-corrected chi connectivity index (χ4v) is 2.90. The number of esters is 1. The van der Waals surface area contributed by atoms with E-state index in [9.17, 15) is 9.59 Å². The Labute approximate surface area is 171 Å². The molecule has 0 heterocycles. The third-order valence-electron chi connectivity index (χ3n) is 4.55. The van der Waals surface area contributed by atoms with Gasteiger partial charge >= 0.3 is 5.97 Å². The van der Waals surface area contributed by atoms with Crippen LogP contribution >= 0.6 is 0 Å². The first-order valence-electron chi connectivity index (χ1n) is 9.49. The number of ether oxygens (including phenoxy) is 2. The molecule has 0 fully saturated rings. The monoisotopic (exact) mass is 388 g/mol. The van der Waals surface area contributed by atoms with E-state index < -0.39 is 12.1 Å². The SMILES string of the molecule is Cc1ccc(C(=O)[C@@H](OC(=O)COc2cccc(C)c2)c2ccc(C)cc2)cc1. The van der Waals surface area contributed by atoms with Gasteiger partial charge in [0.15, 0.2) is 12.7 Å². The van der Waals surface area contributed by atoms with Gasteiger partial charge in [0.05, 0.1) is 0 Å². The highest BCUT2D eigenvalue weighted by Crippen LogP contribution is 2.24. The molecule has 0 spiro atoms. The van der Waals surface area contributed by atoms with E-state index in [0.717, 1.165) is 16.7 Å². The maximum absolute atomic E-state index is 13.1. The van der Waals surface area contributed by atoms with Crippen LogP contribution in [0.15, 0.2) is 72.8 Å². The molecule has 3 aromatic carbocycles. The van der Waals surface area contributed by atoms with Crippen molar-refractivity contribution in [2.24, 2.45) is 0 Å². The van der Waals surface area contributed by atoms with E-state index in [-0.39, 0.29) is 12.4 Å². The molecule has 3 aromatic rings. The van der Waals surface area contributed by atoms with Gasteiger partial charge in [-0.3, -0.25) is 4.79 Å². The fourth-order valence-electron chi connectivity index (χ4n) is 2.90. The molecule has 4 heteroatoms. The summed E-state index contributed by atoms with van der Waals surface area (Å²) in [6, 6.07) is 22.0. The van der Waals surface area contributed by atoms with Crippen molar-refractivity contribution in [2.45, 2.75) is 26.9 Å². The number of hydrogen-bond donors (Lipinski definition) is 0. The zero-order chi connectivity index (χ0) is 20.8. The lowest BCUT2D eigenvalue weighted by atomic mass is 9.98. The largest absolute Gasteiger partial charge is 0.482 e. The molecule has 0 saturated carbocycles. The molecule has 148 valence electrons. The Kier molecular flexibility index (Phi) is 6.45. The van der Waals surface area contributed by atoms with Crippen LogP contribution < -0.4 is 4.74 Å². The molecule has 0 unspecified atom stereocenters. The number of rotatable bonds is 7. The Morgan fingerprint density at radius 1 is 0.793 bits per heavy atom. The van der Waals surface area contributed by atoms with Crippen LogP contribution in [0.4, 0.5) is 0 Å². The second-order valence-corrected chi connectivity index (χ2v) is 7.12. The molecule has 0 N–H and O–H groups in total. The van der Waals surface area contributed by atoms with Crippen LogP contribution in [0.2, 0.25) is 0 Å². The standard InChI is InChI=1S/C25H24O4/c1-17-7-11-20(12-8-17)24(27)25(21-13-9-18(2)10-14-21)29-23(26)16-28-22-6-4-5-19(3)15-22/h4-15,25H,16H2,1-3H3/t25-/m0/s1. The summed E-state index contributed by atoms with van der Waals surface area (Å²) in [7, 11) is 0. The van der Waals surface area contributed by atoms with Gasteiger partial charge in [0.2, 0.25) is 5.78 Å². The molecule has 0 aliphatic heterocycles. The summed E-state index contributed by atoms with van der Waals surface area (Å²) in [5.74, 6) is -0.283. The van der Waals surface area contributed by atoms with Gasteiger partial charge in [0.25, 0.3) is 0 Å². The van der Waals surface area contributed by atoms with E-state index in [1.165, 1.54) is 0 Å². The van der Waals surface area contributed by atoms with Crippen LogP contribution in [0.3, 0.4) is 0 Å². The first-order valence-corrected chi connectivity index (χ1v) is 9.49. The van der Waals surface area contributed by atoms with Crippen molar-refractivity contribution in [2.75, 3.05) is 6.61 Å². The van der Waals surface area contributed by atoms with Crippen molar-refractivity contribution >= 4 is 11.8 Å². The molecule has 0 bridgehead atoms. The first-order chi connectivity index (χ1) is 13.9. The third kappa shape index (κ3) is 5.55. The Morgan fingerprint density at radius 2 is 1.41 bits per heavy atom. The molecule has 0 aromatic heterocycles. The van der Waals surface area contributed by atoms with Crippen LogP contribution in [0.25, 0.3) is 0 Å². The Hall–Kier alpha value is -3.40. The Morgan fingerprint density at radius 3 is 2.03 bits per heavy atom. The molecule has 1 atom stereocenters. The van der Waals surface area contributed by atoms with Gasteiger partial charge in [-0.25, -0.2) is 4.79 Å². The Balaban J connectivity index is 1.77. The van der Waals surface area contributed by atoms with Gasteiger partial charge in [-0.05, 0) is 38.5 Å². The highest BCUT2D eigenvalue weighted by Gasteiger charge is 2.26. The number of carbonyl (C=O) groups is 2. The highest BCUT2D eigenvalue weighted by atomic mass is 16.6. The number of Topliss-reactive ketones (excluding diaryl/α,β-unsaturated/α-hetero) is 1. The predicted molar refractivity (Wildman–Crippen MR) is 112 cm³/mol. The summed E-state index contributed by atoms with van der Waals surface area (Å²) < 4.78 is 11.1. The second-order valence-electron chi connectivity index (χ2n) is 7.12. The van der Waals surface area contributed by atoms with Gasteiger partial charge in [-0.15, -0.1) is 0 Å². The van der Waals surface area contributed by atoms with Crippen molar-refractivity contribution in [1.82, 2.24) is 0 Å². The maximum Gasteiger partial charge on any atom is 0.345 e. The highest BCUT2D eigenvalue weighted by molar-refractivity contribution is 6.01. The molecule has 0 aliphatic carbocycles. The fraction of sp³-hybridized carbons (Fsp3) is 0.200. The summed E-state index contributed by atoms with van der Waals surface area (Å²) in [6.07, 6.45) is -1.02. The van der Waals surface area contributed by atoms with Gasteiger partial charge < -0.3 is 9.47 Å². The molecule has 0 amide bonds.